The van der Waals surface area contributed by atoms with Crippen molar-refractivity contribution in [3.63, 3.8) is 0 Å². The molecular weight excluding hydrogens is 348 g/mol. The molecule has 0 bridgehead atoms. The summed E-state index contributed by atoms with van der Waals surface area (Å²) in [6.45, 7) is 5.85. The quantitative estimate of drug-likeness (QED) is 0.356. The van der Waals surface area contributed by atoms with Crippen molar-refractivity contribution in [2.24, 2.45) is 11.8 Å². The predicted molar refractivity (Wildman–Crippen MR) is 102 cm³/mol. The lowest BCUT2D eigenvalue weighted by molar-refractivity contribution is -0.384. The van der Waals surface area contributed by atoms with Gasteiger partial charge in [0.1, 0.15) is 0 Å². The number of non-ortho nitro benzene ring substituents is 1. The Morgan fingerprint density at radius 3 is 2.78 bits per heavy atom. The molecule has 4 atom stereocenters. The standard InChI is InChI=1S/C20H26N2O5/c1-13-6-4-9-18(14(13)2)21-20(24)15(3)27-19(23)11-10-16-7-5-8-17(12-16)22(25)26/h5,7-8,10-15,18H,4,6,9H2,1-3H3,(H,21,24)/b11-10+/t13-,14+,15+,18-/m0/s1. The highest BCUT2D eigenvalue weighted by Gasteiger charge is 2.29. The number of nitro benzene ring substituents is 1. The Hall–Kier alpha value is -2.70. The summed E-state index contributed by atoms with van der Waals surface area (Å²) in [4.78, 5) is 34.5. The molecule has 2 rings (SSSR count). The summed E-state index contributed by atoms with van der Waals surface area (Å²) in [5, 5.41) is 13.7. The van der Waals surface area contributed by atoms with Crippen molar-refractivity contribution < 1.29 is 19.2 Å². The molecule has 1 saturated carbocycles. The fourth-order valence-electron chi connectivity index (χ4n) is 3.26. The lowest BCUT2D eigenvalue weighted by Gasteiger charge is -2.35. The molecule has 0 aliphatic heterocycles. The molecule has 7 heteroatoms. The SMILES string of the molecule is C[C@H]1[C@@H](NC(=O)[C@@H](C)OC(=O)/C=C/c2cccc([N+](=O)[O-])c2)CCC[C@@H]1C. The van der Waals surface area contributed by atoms with Gasteiger partial charge in [0.15, 0.2) is 6.10 Å². The first-order valence-electron chi connectivity index (χ1n) is 9.21. The van der Waals surface area contributed by atoms with Gasteiger partial charge in [-0.3, -0.25) is 14.9 Å². The number of carbonyl (C=O) groups is 2. The number of ether oxygens (including phenoxy) is 1. The van der Waals surface area contributed by atoms with E-state index in [1.807, 2.05) is 0 Å². The Bertz CT molecular complexity index is 731. The Morgan fingerprint density at radius 1 is 1.33 bits per heavy atom. The molecule has 0 radical (unpaired) electrons. The topological polar surface area (TPSA) is 98.5 Å². The maximum atomic E-state index is 12.3. The second kappa shape index (κ2) is 9.30. The van der Waals surface area contributed by atoms with Crippen LogP contribution in [-0.4, -0.2) is 28.9 Å². The number of esters is 1. The van der Waals surface area contributed by atoms with Crippen LogP contribution in [0, 0.1) is 22.0 Å². The van der Waals surface area contributed by atoms with Gasteiger partial charge in [-0.15, -0.1) is 0 Å². The number of carbonyl (C=O) groups excluding carboxylic acids is 2. The van der Waals surface area contributed by atoms with Crippen LogP contribution >= 0.6 is 0 Å². The minimum absolute atomic E-state index is 0.0610. The van der Waals surface area contributed by atoms with E-state index in [0.29, 0.717) is 17.4 Å². The molecule has 146 valence electrons. The van der Waals surface area contributed by atoms with E-state index in [9.17, 15) is 19.7 Å². The monoisotopic (exact) mass is 374 g/mol. The average molecular weight is 374 g/mol. The Labute approximate surface area is 158 Å². The van der Waals surface area contributed by atoms with E-state index in [1.165, 1.54) is 37.6 Å². The van der Waals surface area contributed by atoms with Crippen molar-refractivity contribution in [3.8, 4) is 0 Å². The first-order chi connectivity index (χ1) is 12.8. The van der Waals surface area contributed by atoms with Crippen molar-refractivity contribution in [2.75, 3.05) is 0 Å². The highest BCUT2D eigenvalue weighted by molar-refractivity contribution is 5.90. The molecule has 0 heterocycles. The summed E-state index contributed by atoms with van der Waals surface area (Å²) in [7, 11) is 0. The molecule has 1 N–H and O–H groups in total. The maximum absolute atomic E-state index is 12.3. The molecule has 0 aromatic heterocycles. The van der Waals surface area contributed by atoms with Crippen LogP contribution in [0.25, 0.3) is 6.08 Å². The molecule has 1 aliphatic rings. The Kier molecular flexibility index (Phi) is 7.10. The summed E-state index contributed by atoms with van der Waals surface area (Å²) in [6.07, 6.45) is 4.86. The smallest absolute Gasteiger partial charge is 0.331 e. The van der Waals surface area contributed by atoms with Crippen molar-refractivity contribution in [2.45, 2.75) is 52.2 Å². The number of hydrogen-bond donors (Lipinski definition) is 1. The number of nitrogens with one attached hydrogen (secondary N) is 1. The van der Waals surface area contributed by atoms with Gasteiger partial charge in [-0.2, -0.15) is 0 Å². The minimum Gasteiger partial charge on any atom is -0.449 e. The van der Waals surface area contributed by atoms with E-state index in [4.69, 9.17) is 4.74 Å². The van der Waals surface area contributed by atoms with Gasteiger partial charge in [0.05, 0.1) is 4.92 Å². The average Bonchev–Trinajstić information content (AvgIpc) is 2.64. The Balaban J connectivity index is 1.88. The molecule has 1 fully saturated rings. The number of benzene rings is 1. The molecule has 1 aliphatic carbocycles. The molecule has 7 nitrogen and oxygen atoms in total. The fraction of sp³-hybridized carbons (Fsp3) is 0.500. The van der Waals surface area contributed by atoms with Crippen molar-refractivity contribution in [3.05, 3.63) is 46.0 Å². The van der Waals surface area contributed by atoms with Gasteiger partial charge in [0.25, 0.3) is 11.6 Å². The van der Waals surface area contributed by atoms with Crippen LogP contribution in [0.5, 0.6) is 0 Å². The van der Waals surface area contributed by atoms with E-state index in [1.54, 1.807) is 6.07 Å². The fourth-order valence-corrected chi connectivity index (χ4v) is 3.26. The van der Waals surface area contributed by atoms with E-state index in [0.717, 1.165) is 18.9 Å². The van der Waals surface area contributed by atoms with Gasteiger partial charge in [-0.05, 0) is 36.8 Å². The predicted octanol–water partition coefficient (Wildman–Crippen LogP) is 3.48. The summed E-state index contributed by atoms with van der Waals surface area (Å²) < 4.78 is 5.14. The summed E-state index contributed by atoms with van der Waals surface area (Å²) in [5.41, 5.74) is 0.442. The first-order valence-corrected chi connectivity index (χ1v) is 9.21. The minimum atomic E-state index is -0.906. The number of amides is 1. The van der Waals surface area contributed by atoms with E-state index in [2.05, 4.69) is 19.2 Å². The van der Waals surface area contributed by atoms with E-state index < -0.39 is 17.0 Å². The van der Waals surface area contributed by atoms with Crippen LogP contribution in [0.15, 0.2) is 30.3 Å². The van der Waals surface area contributed by atoms with Gasteiger partial charge in [0.2, 0.25) is 0 Å². The largest absolute Gasteiger partial charge is 0.449 e. The normalized spacial score (nSPS) is 23.6. The molecule has 27 heavy (non-hydrogen) atoms. The van der Waals surface area contributed by atoms with Crippen LogP contribution in [0.1, 0.15) is 45.6 Å². The zero-order valence-corrected chi connectivity index (χ0v) is 15.9. The van der Waals surface area contributed by atoms with Crippen LogP contribution in [-0.2, 0) is 14.3 Å². The Morgan fingerprint density at radius 2 is 2.07 bits per heavy atom. The third kappa shape index (κ3) is 5.91. The van der Waals surface area contributed by atoms with Crippen LogP contribution in [0.4, 0.5) is 5.69 Å². The van der Waals surface area contributed by atoms with E-state index >= 15 is 0 Å². The second-order valence-corrected chi connectivity index (χ2v) is 7.15. The van der Waals surface area contributed by atoms with Gasteiger partial charge in [0, 0.05) is 24.3 Å². The third-order valence-corrected chi connectivity index (χ3v) is 5.19. The van der Waals surface area contributed by atoms with Gasteiger partial charge in [-0.1, -0.05) is 38.8 Å². The number of rotatable bonds is 6. The van der Waals surface area contributed by atoms with Crippen molar-refractivity contribution in [1.82, 2.24) is 5.32 Å². The zero-order chi connectivity index (χ0) is 20.0. The van der Waals surface area contributed by atoms with Crippen LogP contribution in [0.2, 0.25) is 0 Å². The third-order valence-electron chi connectivity index (χ3n) is 5.19. The van der Waals surface area contributed by atoms with Crippen LogP contribution < -0.4 is 5.32 Å². The molecule has 1 amide bonds. The second-order valence-electron chi connectivity index (χ2n) is 7.15. The van der Waals surface area contributed by atoms with E-state index in [-0.39, 0.29) is 17.6 Å². The lowest BCUT2D eigenvalue weighted by atomic mass is 9.78. The van der Waals surface area contributed by atoms with Crippen molar-refractivity contribution in [1.29, 1.82) is 0 Å². The maximum Gasteiger partial charge on any atom is 0.331 e. The zero-order valence-electron chi connectivity index (χ0n) is 15.9. The lowest BCUT2D eigenvalue weighted by Crippen LogP contribution is -2.47. The first kappa shape index (κ1) is 20.6. The molecule has 0 spiro atoms. The van der Waals surface area contributed by atoms with Gasteiger partial charge >= 0.3 is 5.97 Å². The van der Waals surface area contributed by atoms with Crippen LogP contribution in [0.3, 0.4) is 0 Å². The molecular formula is C20H26N2O5. The van der Waals surface area contributed by atoms with Gasteiger partial charge in [-0.25, -0.2) is 4.79 Å². The molecule has 0 unspecified atom stereocenters. The summed E-state index contributed by atoms with van der Waals surface area (Å²) in [5.74, 6) is -0.0357. The number of nitrogens with zero attached hydrogens (tertiary/aromatic N) is 1. The highest BCUT2D eigenvalue weighted by Crippen LogP contribution is 2.29. The number of nitro groups is 1. The van der Waals surface area contributed by atoms with Gasteiger partial charge < -0.3 is 10.1 Å². The summed E-state index contributed by atoms with van der Waals surface area (Å²) in [6, 6.07) is 5.99. The van der Waals surface area contributed by atoms with Crippen molar-refractivity contribution >= 4 is 23.6 Å². The molecule has 1 aromatic rings. The number of hydrogen-bond acceptors (Lipinski definition) is 5. The molecule has 0 saturated heterocycles. The molecule has 1 aromatic carbocycles. The summed E-state index contributed by atoms with van der Waals surface area (Å²) >= 11 is 0. The highest BCUT2D eigenvalue weighted by atomic mass is 16.6.